The summed E-state index contributed by atoms with van der Waals surface area (Å²) in [6.45, 7) is 0. The predicted octanol–water partition coefficient (Wildman–Crippen LogP) is 2.59. The maximum Gasteiger partial charge on any atom is 0.220 e. The molecule has 0 saturated heterocycles. The van der Waals surface area contributed by atoms with Gasteiger partial charge in [0, 0.05) is 12.0 Å². The van der Waals surface area contributed by atoms with Crippen LogP contribution in [0.15, 0.2) is 58.9 Å². The van der Waals surface area contributed by atoms with Crippen LogP contribution in [-0.4, -0.2) is 18.5 Å². The summed E-state index contributed by atoms with van der Waals surface area (Å²) in [5.41, 5.74) is 1.26. The lowest BCUT2D eigenvalue weighted by atomic mass is 10.0. The molecule has 4 nitrogen and oxygen atoms in total. The van der Waals surface area contributed by atoms with Crippen molar-refractivity contribution in [1.82, 2.24) is 0 Å². The lowest BCUT2D eigenvalue weighted by Gasteiger charge is -2.03. The van der Waals surface area contributed by atoms with Crippen LogP contribution in [0.3, 0.4) is 0 Å². The molecule has 2 aromatic carbocycles. The average molecular weight is 296 g/mol. The van der Waals surface area contributed by atoms with Crippen LogP contribution in [0.25, 0.3) is 6.08 Å². The molecule has 0 amide bonds. The number of aromatic hydroxyl groups is 1. The van der Waals surface area contributed by atoms with Crippen LogP contribution < -0.4 is 10.2 Å². The van der Waals surface area contributed by atoms with Crippen LogP contribution in [0.1, 0.15) is 11.1 Å². The third-order valence-electron chi connectivity index (χ3n) is 3.21. The third kappa shape index (κ3) is 3.82. The molecule has 0 spiro atoms. The summed E-state index contributed by atoms with van der Waals surface area (Å²) in [6.07, 6.45) is 2.62. The monoisotopic (exact) mass is 296 g/mol. The van der Waals surface area contributed by atoms with E-state index in [0.29, 0.717) is 11.1 Å². The SMILES string of the molecule is COc1ccc(/C=C(\C=O)Cc2ccccc(=O)c2O)cc1. The molecule has 2 aromatic rings. The molecule has 0 atom stereocenters. The molecule has 0 saturated carbocycles. The highest BCUT2D eigenvalue weighted by Gasteiger charge is 2.06. The Morgan fingerprint density at radius 1 is 1.14 bits per heavy atom. The normalized spacial score (nSPS) is 11.0. The topological polar surface area (TPSA) is 63.6 Å². The minimum atomic E-state index is -0.463. The zero-order valence-corrected chi connectivity index (χ0v) is 12.2. The van der Waals surface area contributed by atoms with E-state index >= 15 is 0 Å². The van der Waals surface area contributed by atoms with E-state index in [2.05, 4.69) is 0 Å². The first-order chi connectivity index (χ1) is 10.6. The van der Waals surface area contributed by atoms with E-state index in [-0.39, 0.29) is 12.2 Å². The summed E-state index contributed by atoms with van der Waals surface area (Å²) < 4.78 is 5.08. The van der Waals surface area contributed by atoms with Crippen LogP contribution in [-0.2, 0) is 11.2 Å². The minimum absolute atomic E-state index is 0.186. The van der Waals surface area contributed by atoms with Gasteiger partial charge in [-0.3, -0.25) is 9.59 Å². The maximum absolute atomic E-state index is 11.6. The molecule has 2 rings (SSSR count). The van der Waals surface area contributed by atoms with E-state index in [1.807, 2.05) is 12.1 Å². The molecule has 0 bridgehead atoms. The van der Waals surface area contributed by atoms with Crippen LogP contribution in [0.2, 0.25) is 0 Å². The van der Waals surface area contributed by atoms with E-state index in [4.69, 9.17) is 4.74 Å². The second kappa shape index (κ2) is 7.22. The van der Waals surface area contributed by atoms with Crippen molar-refractivity contribution in [2.45, 2.75) is 6.42 Å². The molecule has 0 aliphatic carbocycles. The van der Waals surface area contributed by atoms with E-state index in [1.54, 1.807) is 43.5 Å². The first kappa shape index (κ1) is 15.5. The van der Waals surface area contributed by atoms with Crippen molar-refractivity contribution >= 4 is 12.4 Å². The Bertz CT molecular complexity index is 746. The molecule has 1 N–H and O–H groups in total. The van der Waals surface area contributed by atoms with Crippen molar-refractivity contribution in [3.8, 4) is 11.5 Å². The number of benzene rings is 1. The standard InChI is InChI=1S/C18H16O4/c1-22-16-8-6-13(7-9-16)10-14(12-19)11-15-4-2-3-5-17(20)18(15)21/h2-10,12H,11H2,1H3,(H,20,21)/b14-10-. The molecular formula is C18H16O4. The summed E-state index contributed by atoms with van der Waals surface area (Å²) in [5.74, 6) is 0.404. The Morgan fingerprint density at radius 2 is 1.82 bits per heavy atom. The minimum Gasteiger partial charge on any atom is -0.504 e. The molecule has 0 heterocycles. The van der Waals surface area contributed by atoms with Gasteiger partial charge < -0.3 is 9.84 Å². The van der Waals surface area contributed by atoms with Gasteiger partial charge in [-0.1, -0.05) is 30.3 Å². The zero-order chi connectivity index (χ0) is 15.9. The Hall–Kier alpha value is -2.88. The summed E-state index contributed by atoms with van der Waals surface area (Å²) >= 11 is 0. The number of rotatable bonds is 5. The van der Waals surface area contributed by atoms with Gasteiger partial charge in [-0.25, -0.2) is 0 Å². The zero-order valence-electron chi connectivity index (χ0n) is 12.2. The molecule has 0 fully saturated rings. The van der Waals surface area contributed by atoms with Crippen LogP contribution in [0.4, 0.5) is 0 Å². The Labute approximate surface area is 128 Å². The van der Waals surface area contributed by atoms with Gasteiger partial charge in [0.1, 0.15) is 12.0 Å². The molecule has 112 valence electrons. The Morgan fingerprint density at radius 3 is 2.45 bits per heavy atom. The van der Waals surface area contributed by atoms with Gasteiger partial charge in [0.2, 0.25) is 5.43 Å². The highest BCUT2D eigenvalue weighted by Crippen LogP contribution is 2.18. The second-order valence-electron chi connectivity index (χ2n) is 4.74. The number of aldehydes is 1. The Balaban J connectivity index is 2.31. The largest absolute Gasteiger partial charge is 0.504 e. The Kier molecular flexibility index (Phi) is 5.09. The number of ether oxygens (including phenoxy) is 1. The quantitative estimate of drug-likeness (QED) is 0.680. The van der Waals surface area contributed by atoms with Crippen molar-refractivity contribution in [2.24, 2.45) is 0 Å². The van der Waals surface area contributed by atoms with Crippen molar-refractivity contribution in [3.63, 3.8) is 0 Å². The molecule has 22 heavy (non-hydrogen) atoms. The maximum atomic E-state index is 11.6. The van der Waals surface area contributed by atoms with Gasteiger partial charge >= 0.3 is 0 Å². The fourth-order valence-corrected chi connectivity index (χ4v) is 2.03. The molecule has 0 aliphatic rings. The van der Waals surface area contributed by atoms with Crippen molar-refractivity contribution in [3.05, 3.63) is 75.5 Å². The number of hydrogen-bond donors (Lipinski definition) is 1. The summed E-state index contributed by atoms with van der Waals surface area (Å²) in [6, 6.07) is 13.4. The van der Waals surface area contributed by atoms with Gasteiger partial charge in [-0.2, -0.15) is 0 Å². The first-order valence-electron chi connectivity index (χ1n) is 6.75. The van der Waals surface area contributed by atoms with Crippen molar-refractivity contribution in [1.29, 1.82) is 0 Å². The van der Waals surface area contributed by atoms with Crippen molar-refractivity contribution in [2.75, 3.05) is 7.11 Å². The van der Waals surface area contributed by atoms with Crippen LogP contribution >= 0.6 is 0 Å². The number of carbonyl (C=O) groups excluding carboxylic acids is 1. The smallest absolute Gasteiger partial charge is 0.220 e. The van der Waals surface area contributed by atoms with Gasteiger partial charge in [-0.15, -0.1) is 0 Å². The van der Waals surface area contributed by atoms with Crippen molar-refractivity contribution < 1.29 is 14.6 Å². The lowest BCUT2D eigenvalue weighted by molar-refractivity contribution is -0.104. The predicted molar refractivity (Wildman–Crippen MR) is 85.1 cm³/mol. The molecule has 0 radical (unpaired) electrons. The van der Waals surface area contributed by atoms with Gasteiger partial charge in [0.25, 0.3) is 0 Å². The third-order valence-corrected chi connectivity index (χ3v) is 3.21. The molecule has 0 aliphatic heterocycles. The van der Waals surface area contributed by atoms with Gasteiger partial charge in [0.05, 0.1) is 7.11 Å². The second-order valence-corrected chi connectivity index (χ2v) is 4.74. The van der Waals surface area contributed by atoms with E-state index in [9.17, 15) is 14.7 Å². The number of carbonyl (C=O) groups is 1. The highest BCUT2D eigenvalue weighted by atomic mass is 16.5. The fraction of sp³-hybridized carbons (Fsp3) is 0.111. The lowest BCUT2D eigenvalue weighted by Crippen LogP contribution is -1.99. The van der Waals surface area contributed by atoms with Gasteiger partial charge in [0.15, 0.2) is 5.75 Å². The summed E-state index contributed by atoms with van der Waals surface area (Å²) in [4.78, 5) is 22.8. The average Bonchev–Trinajstić information content (AvgIpc) is 2.70. The first-order valence-corrected chi connectivity index (χ1v) is 6.75. The number of hydrogen-bond acceptors (Lipinski definition) is 4. The molecular weight excluding hydrogens is 280 g/mol. The summed E-state index contributed by atoms with van der Waals surface area (Å²) in [5, 5.41) is 9.86. The van der Waals surface area contributed by atoms with Crippen LogP contribution in [0, 0.1) is 0 Å². The van der Waals surface area contributed by atoms with E-state index in [0.717, 1.165) is 17.6 Å². The van der Waals surface area contributed by atoms with Crippen LogP contribution in [0.5, 0.6) is 11.5 Å². The summed E-state index contributed by atoms with van der Waals surface area (Å²) in [7, 11) is 1.58. The highest BCUT2D eigenvalue weighted by molar-refractivity contribution is 5.82. The number of allylic oxidation sites excluding steroid dienone is 1. The van der Waals surface area contributed by atoms with Gasteiger partial charge in [-0.05, 0) is 35.4 Å². The fourth-order valence-electron chi connectivity index (χ4n) is 2.03. The molecule has 0 unspecified atom stereocenters. The molecule has 0 aromatic heterocycles. The van der Waals surface area contributed by atoms with E-state index in [1.165, 1.54) is 6.07 Å². The molecule has 4 heteroatoms. The van der Waals surface area contributed by atoms with E-state index < -0.39 is 5.43 Å². The number of methoxy groups -OCH3 is 1.